The summed E-state index contributed by atoms with van der Waals surface area (Å²) >= 11 is 1.59. The van der Waals surface area contributed by atoms with E-state index in [9.17, 15) is 0 Å². The molecule has 3 rings (SSSR count). The molecular weight excluding hydrogens is 236 g/mol. The van der Waals surface area contributed by atoms with Gasteiger partial charge in [0, 0.05) is 6.54 Å². The third-order valence-electron chi connectivity index (χ3n) is 2.96. The average Bonchev–Trinajstić information content (AvgIpc) is 2.76. The minimum absolute atomic E-state index is 0.321. The third-order valence-corrected chi connectivity index (χ3v) is 3.77. The summed E-state index contributed by atoms with van der Waals surface area (Å²) in [6.07, 6.45) is 0. The Morgan fingerprint density at radius 2 is 2.41 bits per heavy atom. The van der Waals surface area contributed by atoms with Crippen molar-refractivity contribution in [3.05, 3.63) is 11.4 Å². The molecule has 0 saturated carbocycles. The number of rotatable bonds is 1. The van der Waals surface area contributed by atoms with Crippen LogP contribution in [0.2, 0.25) is 0 Å². The molecule has 17 heavy (non-hydrogen) atoms. The largest absolute Gasteiger partial charge is 0.377 e. The van der Waals surface area contributed by atoms with Crippen LogP contribution in [0.15, 0.2) is 11.4 Å². The molecule has 2 N–H and O–H groups in total. The van der Waals surface area contributed by atoms with Crippen molar-refractivity contribution in [1.82, 2.24) is 9.97 Å². The first-order valence-electron chi connectivity index (χ1n) is 5.61. The Labute approximate surface area is 103 Å². The SMILES string of the molecule is CC1COCCN1c1nc(N)nc2sccc12. The Bertz CT molecular complexity index is 541. The van der Waals surface area contributed by atoms with E-state index in [1.54, 1.807) is 11.3 Å². The molecule has 1 unspecified atom stereocenters. The number of fused-ring (bicyclic) bond motifs is 1. The second kappa shape index (κ2) is 4.12. The molecule has 1 aliphatic rings. The van der Waals surface area contributed by atoms with Crippen molar-refractivity contribution in [2.24, 2.45) is 0 Å². The highest BCUT2D eigenvalue weighted by Crippen LogP contribution is 2.30. The van der Waals surface area contributed by atoms with Gasteiger partial charge in [-0.2, -0.15) is 4.98 Å². The van der Waals surface area contributed by atoms with E-state index in [4.69, 9.17) is 10.5 Å². The van der Waals surface area contributed by atoms with Gasteiger partial charge in [0.2, 0.25) is 5.95 Å². The fraction of sp³-hybridized carbons (Fsp3) is 0.455. The lowest BCUT2D eigenvalue weighted by Crippen LogP contribution is -2.44. The Kier molecular flexibility index (Phi) is 2.60. The molecule has 1 fully saturated rings. The van der Waals surface area contributed by atoms with Gasteiger partial charge in [0.05, 0.1) is 24.6 Å². The molecule has 0 aromatic carbocycles. The number of hydrogen-bond donors (Lipinski definition) is 1. The molecule has 0 bridgehead atoms. The minimum atomic E-state index is 0.321. The number of nitrogens with two attached hydrogens (primary N) is 1. The van der Waals surface area contributed by atoms with Crippen molar-refractivity contribution < 1.29 is 4.74 Å². The van der Waals surface area contributed by atoms with Crippen LogP contribution in [0, 0.1) is 0 Å². The van der Waals surface area contributed by atoms with Crippen molar-refractivity contribution in [1.29, 1.82) is 0 Å². The van der Waals surface area contributed by atoms with Gasteiger partial charge in [-0.1, -0.05) is 0 Å². The number of nitrogens with zero attached hydrogens (tertiary/aromatic N) is 3. The van der Waals surface area contributed by atoms with E-state index in [0.717, 1.165) is 35.8 Å². The predicted molar refractivity (Wildman–Crippen MR) is 69.5 cm³/mol. The Morgan fingerprint density at radius 1 is 1.53 bits per heavy atom. The van der Waals surface area contributed by atoms with Crippen LogP contribution in [0.1, 0.15) is 6.92 Å². The summed E-state index contributed by atoms with van der Waals surface area (Å²) in [5, 5.41) is 3.10. The van der Waals surface area contributed by atoms with Crippen molar-refractivity contribution in [2.75, 3.05) is 30.4 Å². The van der Waals surface area contributed by atoms with Gasteiger partial charge in [0.15, 0.2) is 0 Å². The second-order valence-corrected chi connectivity index (χ2v) is 5.06. The highest BCUT2D eigenvalue weighted by molar-refractivity contribution is 7.16. The van der Waals surface area contributed by atoms with E-state index >= 15 is 0 Å². The molecule has 3 heterocycles. The second-order valence-electron chi connectivity index (χ2n) is 4.16. The standard InChI is InChI=1S/C11H14N4OS/c1-7-6-16-4-3-15(7)9-8-2-5-17-10(8)14-11(12)13-9/h2,5,7H,3-4,6H2,1H3,(H2,12,13,14). The number of ether oxygens (including phenoxy) is 1. The summed E-state index contributed by atoms with van der Waals surface area (Å²) in [5.74, 6) is 1.28. The Balaban J connectivity index is 2.11. The molecule has 1 atom stereocenters. The van der Waals surface area contributed by atoms with Gasteiger partial charge in [-0.05, 0) is 18.4 Å². The number of morpholine rings is 1. The topological polar surface area (TPSA) is 64.3 Å². The number of hydrogen-bond acceptors (Lipinski definition) is 6. The van der Waals surface area contributed by atoms with Crippen LogP contribution in [0.5, 0.6) is 0 Å². The Hall–Kier alpha value is -1.40. The molecule has 2 aromatic heterocycles. The molecular formula is C11H14N4OS. The molecule has 0 radical (unpaired) electrons. The smallest absolute Gasteiger partial charge is 0.223 e. The maximum atomic E-state index is 5.76. The fourth-order valence-corrected chi connectivity index (χ4v) is 2.88. The van der Waals surface area contributed by atoms with Crippen LogP contribution < -0.4 is 10.6 Å². The molecule has 0 amide bonds. The monoisotopic (exact) mass is 250 g/mol. The van der Waals surface area contributed by atoms with Crippen LogP contribution >= 0.6 is 11.3 Å². The molecule has 2 aromatic rings. The van der Waals surface area contributed by atoms with Crippen molar-refractivity contribution in [3.8, 4) is 0 Å². The molecule has 1 aliphatic heterocycles. The summed E-state index contributed by atoms with van der Waals surface area (Å²) in [5.41, 5.74) is 5.76. The lowest BCUT2D eigenvalue weighted by molar-refractivity contribution is 0.0987. The Morgan fingerprint density at radius 3 is 3.24 bits per heavy atom. The van der Waals surface area contributed by atoms with Gasteiger partial charge >= 0.3 is 0 Å². The first kappa shape index (κ1) is 10.7. The normalized spacial score (nSPS) is 21.0. The van der Waals surface area contributed by atoms with Gasteiger partial charge in [-0.3, -0.25) is 0 Å². The zero-order valence-electron chi connectivity index (χ0n) is 9.59. The quantitative estimate of drug-likeness (QED) is 0.831. The number of aromatic nitrogens is 2. The molecule has 1 saturated heterocycles. The number of thiophene rings is 1. The predicted octanol–water partition coefficient (Wildman–Crippen LogP) is 1.50. The van der Waals surface area contributed by atoms with Crippen LogP contribution in [-0.4, -0.2) is 35.8 Å². The van der Waals surface area contributed by atoms with E-state index in [2.05, 4.69) is 27.9 Å². The maximum Gasteiger partial charge on any atom is 0.223 e. The molecule has 0 spiro atoms. The van der Waals surface area contributed by atoms with Gasteiger partial charge in [0.1, 0.15) is 10.6 Å². The fourth-order valence-electron chi connectivity index (χ4n) is 2.12. The number of nitrogen functional groups attached to an aromatic ring is 1. The summed E-state index contributed by atoms with van der Waals surface area (Å²) in [6.45, 7) is 4.45. The van der Waals surface area contributed by atoms with E-state index in [1.165, 1.54) is 0 Å². The van der Waals surface area contributed by atoms with E-state index < -0.39 is 0 Å². The molecule has 5 nitrogen and oxygen atoms in total. The first-order valence-corrected chi connectivity index (χ1v) is 6.49. The minimum Gasteiger partial charge on any atom is -0.377 e. The summed E-state index contributed by atoms with van der Waals surface area (Å²) in [7, 11) is 0. The van der Waals surface area contributed by atoms with Gasteiger partial charge in [-0.15, -0.1) is 11.3 Å². The number of anilines is 2. The summed E-state index contributed by atoms with van der Waals surface area (Å²) in [6, 6.07) is 2.37. The van der Waals surface area contributed by atoms with Crippen LogP contribution in [0.4, 0.5) is 11.8 Å². The van der Waals surface area contributed by atoms with Crippen LogP contribution in [0.3, 0.4) is 0 Å². The van der Waals surface area contributed by atoms with E-state index in [-0.39, 0.29) is 0 Å². The van der Waals surface area contributed by atoms with Crippen molar-refractivity contribution in [2.45, 2.75) is 13.0 Å². The zero-order valence-corrected chi connectivity index (χ0v) is 10.4. The van der Waals surface area contributed by atoms with Gasteiger partial charge < -0.3 is 15.4 Å². The van der Waals surface area contributed by atoms with Crippen LogP contribution in [0.25, 0.3) is 10.2 Å². The van der Waals surface area contributed by atoms with Gasteiger partial charge in [-0.25, -0.2) is 4.98 Å². The highest BCUT2D eigenvalue weighted by Gasteiger charge is 2.23. The zero-order chi connectivity index (χ0) is 11.8. The van der Waals surface area contributed by atoms with Crippen molar-refractivity contribution in [3.63, 3.8) is 0 Å². The van der Waals surface area contributed by atoms with Gasteiger partial charge in [0.25, 0.3) is 0 Å². The molecule has 90 valence electrons. The summed E-state index contributed by atoms with van der Waals surface area (Å²) in [4.78, 5) is 11.8. The van der Waals surface area contributed by atoms with Crippen molar-refractivity contribution >= 4 is 33.3 Å². The lowest BCUT2D eigenvalue weighted by atomic mass is 10.2. The lowest BCUT2D eigenvalue weighted by Gasteiger charge is -2.34. The maximum absolute atomic E-state index is 5.76. The average molecular weight is 250 g/mol. The van der Waals surface area contributed by atoms with E-state index in [0.29, 0.717) is 12.0 Å². The highest BCUT2D eigenvalue weighted by atomic mass is 32.1. The molecule has 6 heteroatoms. The van der Waals surface area contributed by atoms with Crippen LogP contribution in [-0.2, 0) is 4.74 Å². The molecule has 0 aliphatic carbocycles. The third kappa shape index (κ3) is 1.83. The summed E-state index contributed by atoms with van der Waals surface area (Å²) < 4.78 is 5.44. The first-order chi connectivity index (χ1) is 8.25. The van der Waals surface area contributed by atoms with E-state index in [1.807, 2.05) is 5.38 Å².